The fourth-order valence-electron chi connectivity index (χ4n) is 2.96. The topological polar surface area (TPSA) is 41.1 Å². The van der Waals surface area contributed by atoms with Gasteiger partial charge in [-0.3, -0.25) is 0 Å². The van der Waals surface area contributed by atoms with Gasteiger partial charge in [-0.2, -0.15) is 0 Å². The van der Waals surface area contributed by atoms with Gasteiger partial charge in [0.1, 0.15) is 17.5 Å². The molecule has 0 spiro atoms. The third-order valence-corrected chi connectivity index (χ3v) is 4.47. The molecule has 0 radical (unpaired) electrons. The van der Waals surface area contributed by atoms with Crippen molar-refractivity contribution in [3.8, 4) is 0 Å². The summed E-state index contributed by atoms with van der Waals surface area (Å²) in [4.78, 5) is 11.9. The van der Waals surface area contributed by atoms with Gasteiger partial charge >= 0.3 is 0 Å². The quantitative estimate of drug-likeness (QED) is 0.915. The van der Waals surface area contributed by atoms with Crippen LogP contribution in [0.4, 0.5) is 11.6 Å². The van der Waals surface area contributed by atoms with Gasteiger partial charge in [0.15, 0.2) is 0 Å². The van der Waals surface area contributed by atoms with E-state index in [4.69, 9.17) is 4.98 Å². The largest absolute Gasteiger partial charge is 0.370 e. The van der Waals surface area contributed by atoms with Crippen molar-refractivity contribution in [3.05, 3.63) is 11.4 Å². The van der Waals surface area contributed by atoms with E-state index in [9.17, 15) is 0 Å². The van der Waals surface area contributed by atoms with Gasteiger partial charge in [-0.1, -0.05) is 13.8 Å². The third kappa shape index (κ3) is 2.89. The molecule has 4 nitrogen and oxygen atoms in total. The molecule has 0 aromatic carbocycles. The number of piperidine rings is 1. The fourth-order valence-corrected chi connectivity index (χ4v) is 2.96. The van der Waals surface area contributed by atoms with Crippen LogP contribution in [0.1, 0.15) is 51.9 Å². The van der Waals surface area contributed by atoms with Crippen LogP contribution in [0.5, 0.6) is 0 Å². The van der Waals surface area contributed by atoms with Crippen LogP contribution < -0.4 is 10.2 Å². The van der Waals surface area contributed by atoms with Crippen molar-refractivity contribution in [1.82, 2.24) is 9.97 Å². The first-order valence-corrected chi connectivity index (χ1v) is 7.96. The Labute approximate surface area is 123 Å². The van der Waals surface area contributed by atoms with Gasteiger partial charge in [0.25, 0.3) is 0 Å². The van der Waals surface area contributed by atoms with E-state index in [0.717, 1.165) is 42.9 Å². The molecule has 1 N–H and O–H groups in total. The van der Waals surface area contributed by atoms with Crippen LogP contribution in [-0.2, 0) is 6.42 Å². The van der Waals surface area contributed by atoms with Crippen LogP contribution in [-0.4, -0.2) is 29.1 Å². The molecular weight excluding hydrogens is 248 g/mol. The molecular formula is C16H28N4. The molecule has 1 aliphatic heterocycles. The summed E-state index contributed by atoms with van der Waals surface area (Å²) in [7, 11) is 0. The second kappa shape index (κ2) is 6.42. The Bertz CT molecular complexity index is 458. The van der Waals surface area contributed by atoms with Gasteiger partial charge in [-0.15, -0.1) is 0 Å². The first kappa shape index (κ1) is 15.1. The average molecular weight is 276 g/mol. The summed E-state index contributed by atoms with van der Waals surface area (Å²) in [6.07, 6.45) is 3.46. The van der Waals surface area contributed by atoms with Gasteiger partial charge in [-0.25, -0.2) is 9.97 Å². The summed E-state index contributed by atoms with van der Waals surface area (Å²) in [5, 5.41) is 3.38. The number of nitrogens with zero attached hydrogens (tertiary/aromatic N) is 3. The van der Waals surface area contributed by atoms with Gasteiger partial charge in [-0.05, 0) is 39.5 Å². The van der Waals surface area contributed by atoms with Crippen molar-refractivity contribution in [3.63, 3.8) is 0 Å². The molecule has 4 heteroatoms. The van der Waals surface area contributed by atoms with E-state index in [0.29, 0.717) is 6.04 Å². The summed E-state index contributed by atoms with van der Waals surface area (Å²) in [6.45, 7) is 13.0. The van der Waals surface area contributed by atoms with Crippen molar-refractivity contribution < 1.29 is 0 Å². The molecule has 0 bridgehead atoms. The van der Waals surface area contributed by atoms with E-state index in [1.54, 1.807) is 0 Å². The second-order valence-electron chi connectivity index (χ2n) is 5.87. The van der Waals surface area contributed by atoms with Crippen molar-refractivity contribution in [1.29, 1.82) is 0 Å². The molecule has 2 heterocycles. The first-order valence-electron chi connectivity index (χ1n) is 7.96. The zero-order valence-electron chi connectivity index (χ0n) is 13.5. The molecule has 1 aliphatic rings. The number of hydrogen-bond acceptors (Lipinski definition) is 4. The molecule has 0 saturated carbocycles. The minimum absolute atomic E-state index is 0.552. The van der Waals surface area contributed by atoms with E-state index in [-0.39, 0.29) is 0 Å². The highest BCUT2D eigenvalue weighted by Gasteiger charge is 2.27. The Morgan fingerprint density at radius 3 is 2.65 bits per heavy atom. The highest BCUT2D eigenvalue weighted by atomic mass is 15.2. The molecule has 20 heavy (non-hydrogen) atoms. The molecule has 112 valence electrons. The third-order valence-electron chi connectivity index (χ3n) is 4.47. The van der Waals surface area contributed by atoms with Crippen LogP contribution in [0.25, 0.3) is 0 Å². The molecule has 2 rings (SSSR count). The summed E-state index contributed by atoms with van der Waals surface area (Å²) >= 11 is 0. The molecule has 2 atom stereocenters. The minimum atomic E-state index is 0.552. The van der Waals surface area contributed by atoms with Crippen LogP contribution in [0.15, 0.2) is 0 Å². The van der Waals surface area contributed by atoms with E-state index < -0.39 is 0 Å². The van der Waals surface area contributed by atoms with E-state index in [2.05, 4.69) is 49.8 Å². The van der Waals surface area contributed by atoms with E-state index in [1.807, 2.05) is 0 Å². The summed E-state index contributed by atoms with van der Waals surface area (Å²) in [5.74, 6) is 3.80. The monoisotopic (exact) mass is 276 g/mol. The smallest absolute Gasteiger partial charge is 0.137 e. The lowest BCUT2D eigenvalue weighted by Crippen LogP contribution is -2.43. The Morgan fingerprint density at radius 1 is 1.25 bits per heavy atom. The number of aryl methyl sites for hydroxylation is 1. The van der Waals surface area contributed by atoms with E-state index in [1.165, 1.54) is 18.4 Å². The van der Waals surface area contributed by atoms with Gasteiger partial charge in [0, 0.05) is 31.1 Å². The number of rotatable bonds is 4. The lowest BCUT2D eigenvalue weighted by Gasteiger charge is -2.39. The molecule has 2 unspecified atom stereocenters. The molecule has 1 saturated heterocycles. The molecule has 1 aromatic rings. The van der Waals surface area contributed by atoms with Crippen LogP contribution >= 0.6 is 0 Å². The van der Waals surface area contributed by atoms with Crippen LogP contribution in [0, 0.1) is 12.8 Å². The summed E-state index contributed by atoms with van der Waals surface area (Å²) < 4.78 is 0. The Kier molecular flexibility index (Phi) is 4.84. The van der Waals surface area contributed by atoms with Crippen LogP contribution in [0.3, 0.4) is 0 Å². The lowest BCUT2D eigenvalue weighted by atomic mass is 9.92. The van der Waals surface area contributed by atoms with Crippen LogP contribution in [0.2, 0.25) is 0 Å². The normalized spacial score (nSPS) is 22.9. The maximum absolute atomic E-state index is 4.82. The van der Waals surface area contributed by atoms with Gasteiger partial charge in [0.05, 0.1) is 0 Å². The molecule has 0 amide bonds. The molecule has 1 fully saturated rings. The Balaban J connectivity index is 2.41. The number of hydrogen-bond donors (Lipinski definition) is 1. The number of aromatic nitrogens is 2. The maximum Gasteiger partial charge on any atom is 0.137 e. The Morgan fingerprint density at radius 2 is 2.00 bits per heavy atom. The number of nitrogens with one attached hydrogen (secondary N) is 1. The van der Waals surface area contributed by atoms with E-state index >= 15 is 0 Å². The van der Waals surface area contributed by atoms with Gasteiger partial charge in [0.2, 0.25) is 0 Å². The standard InChI is InChI=1S/C16H28N4/c1-6-14-18-15(17-7-2)12(4)16(19-14)20-10-8-9-11(3)13(20)5/h11,13H,6-10H2,1-5H3,(H,17,18,19). The SMILES string of the molecule is CCNc1nc(CC)nc(N2CCCC(C)C2C)c1C. The molecule has 0 aliphatic carbocycles. The highest BCUT2D eigenvalue weighted by molar-refractivity contribution is 5.59. The highest BCUT2D eigenvalue weighted by Crippen LogP contribution is 2.31. The van der Waals surface area contributed by atoms with Crippen molar-refractivity contribution >= 4 is 11.6 Å². The predicted octanol–water partition coefficient (Wildman–Crippen LogP) is 3.40. The fraction of sp³-hybridized carbons (Fsp3) is 0.750. The zero-order valence-corrected chi connectivity index (χ0v) is 13.5. The summed E-state index contributed by atoms with van der Waals surface area (Å²) in [6, 6.07) is 0.552. The summed E-state index contributed by atoms with van der Waals surface area (Å²) in [5.41, 5.74) is 1.19. The van der Waals surface area contributed by atoms with Crippen molar-refractivity contribution in [2.75, 3.05) is 23.3 Å². The minimum Gasteiger partial charge on any atom is -0.370 e. The maximum atomic E-state index is 4.82. The average Bonchev–Trinajstić information content (AvgIpc) is 2.45. The van der Waals surface area contributed by atoms with Gasteiger partial charge < -0.3 is 10.2 Å². The lowest BCUT2D eigenvalue weighted by molar-refractivity contribution is 0.361. The van der Waals surface area contributed by atoms with Crippen molar-refractivity contribution in [2.45, 2.75) is 59.9 Å². The molecule has 1 aromatic heterocycles. The second-order valence-corrected chi connectivity index (χ2v) is 5.87. The Hall–Kier alpha value is -1.32. The number of anilines is 2. The van der Waals surface area contributed by atoms with Crippen molar-refractivity contribution in [2.24, 2.45) is 5.92 Å². The predicted molar refractivity (Wildman–Crippen MR) is 85.5 cm³/mol. The first-order chi connectivity index (χ1) is 9.58. The zero-order chi connectivity index (χ0) is 14.7.